The molecule has 0 aromatic heterocycles. The lowest BCUT2D eigenvalue weighted by atomic mass is 9.87. The van der Waals surface area contributed by atoms with Gasteiger partial charge in [0.2, 0.25) is 20.0 Å². The fourth-order valence-corrected chi connectivity index (χ4v) is 4.75. The maximum absolute atomic E-state index is 12.4. The molecule has 0 heterocycles. The summed E-state index contributed by atoms with van der Waals surface area (Å²) in [4.78, 5) is 0.464. The minimum Gasteiger partial charge on any atom is -0.214 e. The third kappa shape index (κ3) is 4.82. The molecule has 2 atom stereocenters. The van der Waals surface area contributed by atoms with Crippen LogP contribution >= 0.6 is 0 Å². The number of benzene rings is 1. The van der Waals surface area contributed by atoms with Crippen LogP contribution in [0.5, 0.6) is 0 Å². The minimum absolute atomic E-state index is 0.0550. The van der Waals surface area contributed by atoms with Crippen LogP contribution in [0.3, 0.4) is 0 Å². The first-order valence-electron chi connectivity index (χ1n) is 8.47. The topological polar surface area (TPSA) is 92.3 Å². The highest BCUT2D eigenvalue weighted by Gasteiger charge is 2.23. The van der Waals surface area contributed by atoms with Gasteiger partial charge in [-0.05, 0) is 68.5 Å². The van der Waals surface area contributed by atoms with Crippen molar-refractivity contribution in [2.75, 3.05) is 13.6 Å². The minimum atomic E-state index is -3.58. The summed E-state index contributed by atoms with van der Waals surface area (Å²) >= 11 is 0. The fraction of sp³-hybridized carbons (Fsp3) is 0.444. The van der Waals surface area contributed by atoms with E-state index in [0.29, 0.717) is 6.42 Å². The summed E-state index contributed by atoms with van der Waals surface area (Å²) in [6.45, 7) is 6.03. The normalized spacial score (nSPS) is 20.8. The molecule has 1 aliphatic carbocycles. The van der Waals surface area contributed by atoms with Gasteiger partial charge in [-0.15, -0.1) is 0 Å². The SMILES string of the molecule is CNS(=O)(=O)C1=C[C@@H](CCNS(=O)(=O)c2ccc(C)c(C)c2)[C@@H](C)C=C1. The Morgan fingerprint density at radius 1 is 1.04 bits per heavy atom. The summed E-state index contributed by atoms with van der Waals surface area (Å²) in [6, 6.07) is 5.03. The zero-order chi connectivity index (χ0) is 19.5. The average molecular weight is 399 g/mol. The Bertz CT molecular complexity index is 932. The first-order valence-corrected chi connectivity index (χ1v) is 11.4. The summed E-state index contributed by atoms with van der Waals surface area (Å²) in [6.07, 6.45) is 5.64. The van der Waals surface area contributed by atoms with Crippen molar-refractivity contribution < 1.29 is 16.8 Å². The Kier molecular flexibility index (Phi) is 6.44. The fourth-order valence-electron chi connectivity index (χ4n) is 2.78. The summed E-state index contributed by atoms with van der Waals surface area (Å²) in [7, 11) is -5.71. The summed E-state index contributed by atoms with van der Waals surface area (Å²) < 4.78 is 53.7. The third-order valence-corrected chi connectivity index (χ3v) is 7.64. The summed E-state index contributed by atoms with van der Waals surface area (Å²) in [5, 5.41) is 0. The van der Waals surface area contributed by atoms with Crippen molar-refractivity contribution in [3.05, 3.63) is 52.5 Å². The molecule has 0 fully saturated rings. The Morgan fingerprint density at radius 3 is 2.35 bits per heavy atom. The summed E-state index contributed by atoms with van der Waals surface area (Å²) in [5.74, 6) is 0.0810. The first-order chi connectivity index (χ1) is 12.1. The van der Waals surface area contributed by atoms with Crippen LogP contribution in [0.4, 0.5) is 0 Å². The van der Waals surface area contributed by atoms with Gasteiger partial charge in [-0.3, -0.25) is 0 Å². The van der Waals surface area contributed by atoms with Crippen molar-refractivity contribution in [3.63, 3.8) is 0 Å². The van der Waals surface area contributed by atoms with Gasteiger partial charge in [-0.2, -0.15) is 0 Å². The highest BCUT2D eigenvalue weighted by molar-refractivity contribution is 7.93. The molecule has 0 saturated carbocycles. The zero-order valence-corrected chi connectivity index (χ0v) is 17.1. The molecule has 0 radical (unpaired) electrons. The van der Waals surface area contributed by atoms with Gasteiger partial charge in [0.15, 0.2) is 0 Å². The highest BCUT2D eigenvalue weighted by Crippen LogP contribution is 2.27. The Balaban J connectivity index is 2.06. The maximum atomic E-state index is 12.4. The lowest BCUT2D eigenvalue weighted by molar-refractivity contribution is 0.466. The average Bonchev–Trinajstić information content (AvgIpc) is 2.58. The van der Waals surface area contributed by atoms with E-state index in [1.54, 1.807) is 30.4 Å². The molecule has 8 heteroatoms. The molecule has 0 amide bonds. The molecular weight excluding hydrogens is 372 g/mol. The van der Waals surface area contributed by atoms with Crippen LogP contribution in [0.25, 0.3) is 0 Å². The van der Waals surface area contributed by atoms with Crippen LogP contribution in [0, 0.1) is 25.7 Å². The molecule has 0 unspecified atom stereocenters. The molecule has 0 bridgehead atoms. The van der Waals surface area contributed by atoms with Crippen molar-refractivity contribution in [1.82, 2.24) is 9.44 Å². The number of rotatable bonds is 7. The van der Waals surface area contributed by atoms with Crippen LogP contribution in [-0.4, -0.2) is 30.4 Å². The molecule has 2 N–H and O–H groups in total. The number of nitrogens with one attached hydrogen (secondary N) is 2. The van der Waals surface area contributed by atoms with Crippen LogP contribution in [0.15, 0.2) is 46.2 Å². The van der Waals surface area contributed by atoms with Gasteiger partial charge in [0, 0.05) is 6.54 Å². The Morgan fingerprint density at radius 2 is 1.73 bits per heavy atom. The number of hydrogen-bond acceptors (Lipinski definition) is 4. The van der Waals surface area contributed by atoms with E-state index in [1.807, 2.05) is 26.8 Å². The van der Waals surface area contributed by atoms with Gasteiger partial charge in [0.05, 0.1) is 9.80 Å². The van der Waals surface area contributed by atoms with E-state index in [-0.39, 0.29) is 28.2 Å². The maximum Gasteiger partial charge on any atom is 0.240 e. The standard InChI is InChI=1S/C18H26N2O4S2/c1-13-5-7-17(11-15(13)3)26(23,24)20-10-9-16-12-18(8-6-14(16)2)25(21,22)19-4/h5-8,11-12,14,16,19-20H,9-10H2,1-4H3/t14-,16+/m0/s1. The van der Waals surface area contributed by atoms with Crippen LogP contribution < -0.4 is 9.44 Å². The van der Waals surface area contributed by atoms with Crippen molar-refractivity contribution >= 4 is 20.0 Å². The van der Waals surface area contributed by atoms with E-state index in [9.17, 15) is 16.8 Å². The predicted octanol–water partition coefficient (Wildman–Crippen LogP) is 2.23. The van der Waals surface area contributed by atoms with E-state index in [1.165, 1.54) is 7.05 Å². The lowest BCUT2D eigenvalue weighted by Crippen LogP contribution is -2.28. The van der Waals surface area contributed by atoms with E-state index < -0.39 is 20.0 Å². The Hall–Kier alpha value is -1.48. The van der Waals surface area contributed by atoms with Gasteiger partial charge in [0.25, 0.3) is 0 Å². The molecule has 1 aromatic carbocycles. The summed E-state index contributed by atoms with van der Waals surface area (Å²) in [5.41, 5.74) is 1.96. The van der Waals surface area contributed by atoms with E-state index in [0.717, 1.165) is 11.1 Å². The zero-order valence-electron chi connectivity index (χ0n) is 15.5. The number of allylic oxidation sites excluding steroid dienone is 3. The molecule has 0 saturated heterocycles. The van der Waals surface area contributed by atoms with E-state index in [4.69, 9.17) is 0 Å². The van der Waals surface area contributed by atoms with Gasteiger partial charge in [-0.1, -0.05) is 25.1 Å². The highest BCUT2D eigenvalue weighted by atomic mass is 32.2. The van der Waals surface area contributed by atoms with Gasteiger partial charge < -0.3 is 0 Å². The van der Waals surface area contributed by atoms with Crippen LogP contribution in [0.1, 0.15) is 24.5 Å². The molecule has 6 nitrogen and oxygen atoms in total. The van der Waals surface area contributed by atoms with Crippen molar-refractivity contribution in [2.45, 2.75) is 32.1 Å². The van der Waals surface area contributed by atoms with Gasteiger partial charge in [-0.25, -0.2) is 26.3 Å². The molecular formula is C18H26N2O4S2. The van der Waals surface area contributed by atoms with E-state index in [2.05, 4.69) is 9.44 Å². The second-order valence-electron chi connectivity index (χ2n) is 6.59. The molecule has 0 spiro atoms. The Labute approximate surface area is 156 Å². The molecule has 2 rings (SSSR count). The number of sulfonamides is 2. The van der Waals surface area contributed by atoms with Crippen LogP contribution in [-0.2, 0) is 20.0 Å². The predicted molar refractivity (Wildman–Crippen MR) is 104 cm³/mol. The first kappa shape index (κ1) is 20.8. The number of aryl methyl sites for hydroxylation is 2. The van der Waals surface area contributed by atoms with Crippen molar-refractivity contribution in [2.24, 2.45) is 11.8 Å². The molecule has 26 heavy (non-hydrogen) atoms. The van der Waals surface area contributed by atoms with Crippen molar-refractivity contribution in [3.8, 4) is 0 Å². The largest absolute Gasteiger partial charge is 0.240 e. The molecule has 144 valence electrons. The van der Waals surface area contributed by atoms with Gasteiger partial charge >= 0.3 is 0 Å². The molecule has 1 aromatic rings. The van der Waals surface area contributed by atoms with Crippen LogP contribution in [0.2, 0.25) is 0 Å². The monoisotopic (exact) mass is 398 g/mol. The van der Waals surface area contributed by atoms with E-state index >= 15 is 0 Å². The quantitative estimate of drug-likeness (QED) is 0.737. The number of hydrogen-bond donors (Lipinski definition) is 2. The lowest BCUT2D eigenvalue weighted by Gasteiger charge is -2.23. The second-order valence-corrected chi connectivity index (χ2v) is 10.2. The van der Waals surface area contributed by atoms with Crippen molar-refractivity contribution in [1.29, 1.82) is 0 Å². The molecule has 1 aliphatic rings. The van der Waals surface area contributed by atoms with Gasteiger partial charge in [0.1, 0.15) is 0 Å². The smallest absolute Gasteiger partial charge is 0.214 e. The molecule has 0 aliphatic heterocycles. The second kappa shape index (κ2) is 8.04. The third-order valence-electron chi connectivity index (χ3n) is 4.76.